The number of allylic oxidation sites excluding steroid dienone is 8. The van der Waals surface area contributed by atoms with Crippen molar-refractivity contribution in [1.29, 1.82) is 0 Å². The second-order valence-electron chi connectivity index (χ2n) is 21.5. The van der Waals surface area contributed by atoms with Crippen molar-refractivity contribution in [1.82, 2.24) is 5.32 Å². The SMILES string of the molecule is CCN(CC)c1ccc(C(=C2C=CC(=[N+](CC)CC)C=C2)c2ccc(CNC)c3ccccc23)cc1.CCN(CC)c1ccc(C(=C2C=CC(=[NH+]CC3CC4CCC3C4)c3ccccc32)c2ccc(N(CC)CC)cc2)cc1. The summed E-state index contributed by atoms with van der Waals surface area (Å²) in [4.78, 5) is 11.1. The van der Waals surface area contributed by atoms with E-state index in [1.165, 1.54) is 126 Å². The van der Waals surface area contributed by atoms with E-state index in [1.807, 2.05) is 7.05 Å². The van der Waals surface area contributed by atoms with Gasteiger partial charge in [0.2, 0.25) is 5.71 Å². The third-order valence-corrected chi connectivity index (χ3v) is 17.4. The van der Waals surface area contributed by atoms with Crippen LogP contribution in [0.25, 0.3) is 27.5 Å². The highest BCUT2D eigenvalue weighted by Crippen LogP contribution is 2.48. The molecule has 2 saturated carbocycles. The minimum absolute atomic E-state index is 0.831. The molecule has 0 spiro atoms. The number of rotatable bonds is 19. The van der Waals surface area contributed by atoms with E-state index in [0.29, 0.717) is 0 Å². The van der Waals surface area contributed by atoms with Crippen molar-refractivity contribution in [2.45, 2.75) is 87.6 Å². The number of hydrogen-bond donors (Lipinski definition) is 2. The Morgan fingerprint density at radius 1 is 0.513 bits per heavy atom. The van der Waals surface area contributed by atoms with Crippen LogP contribution in [0, 0.1) is 17.8 Å². The molecule has 6 aromatic carbocycles. The van der Waals surface area contributed by atoms with E-state index >= 15 is 0 Å². The minimum atomic E-state index is 0.831. The van der Waals surface area contributed by atoms with Gasteiger partial charge >= 0.3 is 0 Å². The zero-order chi connectivity index (χ0) is 54.5. The second kappa shape index (κ2) is 26.6. The Balaban J connectivity index is 0.000000192. The van der Waals surface area contributed by atoms with Crippen LogP contribution in [0.5, 0.6) is 0 Å². The van der Waals surface area contributed by atoms with E-state index in [2.05, 4.69) is 255 Å². The Bertz CT molecular complexity index is 3120. The first kappa shape index (κ1) is 55.7. The van der Waals surface area contributed by atoms with E-state index in [1.54, 1.807) is 0 Å². The summed E-state index contributed by atoms with van der Waals surface area (Å²) in [6.07, 6.45) is 19.6. The topological polar surface area (TPSA) is 38.7 Å². The standard InChI is InChI=1S/C39H47N3.C33H40N3/c1-5-41(6-2)33-19-15-29(16-20-33)39(30-17-21-34(22-18-30)42(7-3)8-4)37-23-24-38(36-12-10-9-11-35(36)37)40-27-32-26-28-13-14-31(32)25-28;1-6-35(7-2)28-19-14-25(15-20-28)33(26-16-21-29(22-17-26)36(8-3)9-4)32-23-18-27(24-34-5)30-12-10-11-13-31(30)32/h9-12,15-24,28,31-32H,5-8,13-14,25-27H2,1-4H3;10-23,34H,6-9,24H2,1-5H3/q;+1/p+1. The van der Waals surface area contributed by atoms with Crippen molar-refractivity contribution in [2.75, 3.05) is 80.7 Å². The number of hydrogen-bond acceptors (Lipinski definition) is 4. The smallest absolute Gasteiger partial charge is 0.206 e. The summed E-state index contributed by atoms with van der Waals surface area (Å²) in [5, 5.41) is 5.93. The van der Waals surface area contributed by atoms with E-state index in [4.69, 9.17) is 0 Å². The van der Waals surface area contributed by atoms with Gasteiger partial charge in [0.05, 0.1) is 5.56 Å². The lowest BCUT2D eigenvalue weighted by Crippen LogP contribution is -2.75. The zero-order valence-corrected chi connectivity index (χ0v) is 48.6. The van der Waals surface area contributed by atoms with Gasteiger partial charge in [-0.15, -0.1) is 0 Å². The van der Waals surface area contributed by atoms with Crippen molar-refractivity contribution >= 4 is 56.0 Å². The third-order valence-electron chi connectivity index (χ3n) is 17.4. The van der Waals surface area contributed by atoms with Crippen LogP contribution in [0.4, 0.5) is 17.1 Å². The van der Waals surface area contributed by atoms with Crippen LogP contribution in [0.15, 0.2) is 175 Å². The van der Waals surface area contributed by atoms with Crippen molar-refractivity contribution in [3.05, 3.63) is 214 Å². The summed E-state index contributed by atoms with van der Waals surface area (Å²) in [7, 11) is 2.01. The van der Waals surface area contributed by atoms with Gasteiger partial charge in [0.15, 0.2) is 5.71 Å². The highest BCUT2D eigenvalue weighted by atomic mass is 15.1. The van der Waals surface area contributed by atoms with Gasteiger partial charge in [-0.05, 0) is 221 Å². The Morgan fingerprint density at radius 2 is 1.03 bits per heavy atom. The van der Waals surface area contributed by atoms with Crippen LogP contribution in [0.2, 0.25) is 0 Å². The second-order valence-corrected chi connectivity index (χ2v) is 21.5. The maximum Gasteiger partial charge on any atom is 0.206 e. The Labute approximate surface area is 469 Å². The number of fused-ring (bicyclic) bond motifs is 4. The molecule has 2 N–H and O–H groups in total. The predicted molar refractivity (Wildman–Crippen MR) is 338 cm³/mol. The van der Waals surface area contributed by atoms with Gasteiger partial charge < -0.3 is 20.0 Å². The van der Waals surface area contributed by atoms with Gasteiger partial charge in [-0.3, -0.25) is 0 Å². The summed E-state index contributed by atoms with van der Waals surface area (Å²) >= 11 is 0. The summed E-state index contributed by atoms with van der Waals surface area (Å²) in [5.74, 6) is 2.75. The summed E-state index contributed by atoms with van der Waals surface area (Å²) < 4.78 is 2.39. The van der Waals surface area contributed by atoms with E-state index in [-0.39, 0.29) is 0 Å². The lowest BCUT2D eigenvalue weighted by Gasteiger charge is -2.24. The molecule has 2 bridgehead atoms. The van der Waals surface area contributed by atoms with Crippen LogP contribution in [-0.2, 0) is 6.54 Å². The molecule has 0 heterocycles. The fourth-order valence-electron chi connectivity index (χ4n) is 13.1. The summed E-state index contributed by atoms with van der Waals surface area (Å²) in [6, 6.07) is 49.9. The lowest BCUT2D eigenvalue weighted by molar-refractivity contribution is -0.519. The van der Waals surface area contributed by atoms with E-state index < -0.39 is 0 Å². The van der Waals surface area contributed by atoms with Crippen LogP contribution < -0.4 is 25.0 Å². The van der Waals surface area contributed by atoms with E-state index in [0.717, 1.165) is 83.2 Å². The molecule has 2 fully saturated rings. The quantitative estimate of drug-likeness (QED) is 0.0793. The zero-order valence-electron chi connectivity index (χ0n) is 48.6. The lowest BCUT2D eigenvalue weighted by atomic mass is 9.83. The average Bonchev–Trinajstić information content (AvgIpc) is 4.19. The largest absolute Gasteiger partial charge is 0.372 e. The molecule has 3 unspecified atom stereocenters. The van der Waals surface area contributed by atoms with Crippen LogP contribution in [0.3, 0.4) is 0 Å². The van der Waals surface area contributed by atoms with Gasteiger partial charge in [0.1, 0.15) is 19.6 Å². The number of nitrogens with zero attached hydrogens (tertiary/aromatic N) is 4. The highest BCUT2D eigenvalue weighted by molar-refractivity contribution is 6.17. The predicted octanol–water partition coefficient (Wildman–Crippen LogP) is 14.0. The number of anilines is 3. The first-order chi connectivity index (χ1) is 38.3. The Morgan fingerprint density at radius 3 is 1.51 bits per heavy atom. The van der Waals surface area contributed by atoms with Crippen molar-refractivity contribution < 1.29 is 9.57 Å². The van der Waals surface area contributed by atoms with Crippen LogP contribution in [0.1, 0.15) is 120 Å². The monoisotopic (exact) mass is 1040 g/mol. The average molecular weight is 1040 g/mol. The van der Waals surface area contributed by atoms with Crippen molar-refractivity contribution in [3.63, 3.8) is 0 Å². The van der Waals surface area contributed by atoms with Crippen LogP contribution >= 0.6 is 0 Å². The maximum atomic E-state index is 3.91. The van der Waals surface area contributed by atoms with Gasteiger partial charge in [0.25, 0.3) is 0 Å². The molecule has 6 heteroatoms. The molecule has 0 aromatic heterocycles. The molecule has 404 valence electrons. The molecule has 6 aromatic rings. The molecule has 3 atom stereocenters. The molecule has 0 radical (unpaired) electrons. The van der Waals surface area contributed by atoms with Gasteiger partial charge in [0, 0.05) is 87.0 Å². The molecule has 78 heavy (non-hydrogen) atoms. The molecule has 4 aliphatic rings. The normalized spacial score (nSPS) is 17.6. The molecule has 0 saturated heterocycles. The highest BCUT2D eigenvalue weighted by Gasteiger charge is 2.40. The summed E-state index contributed by atoms with van der Waals surface area (Å²) in [5.41, 5.74) is 20.5. The molecule has 0 amide bonds. The van der Waals surface area contributed by atoms with Gasteiger partial charge in [-0.25, -0.2) is 9.57 Å². The first-order valence-electron chi connectivity index (χ1n) is 29.8. The van der Waals surface area contributed by atoms with Gasteiger partial charge in [-0.1, -0.05) is 97.4 Å². The molecule has 0 aliphatic heterocycles. The van der Waals surface area contributed by atoms with Crippen molar-refractivity contribution in [2.24, 2.45) is 17.8 Å². The third kappa shape index (κ3) is 12.1. The first-order valence-corrected chi connectivity index (χ1v) is 29.8. The number of nitrogens with one attached hydrogen (secondary N) is 2. The van der Waals surface area contributed by atoms with Gasteiger partial charge in [-0.2, -0.15) is 0 Å². The summed E-state index contributed by atoms with van der Waals surface area (Å²) in [6.45, 7) is 27.8. The Kier molecular flexibility index (Phi) is 19.0. The fourth-order valence-corrected chi connectivity index (χ4v) is 13.1. The van der Waals surface area contributed by atoms with E-state index in [9.17, 15) is 0 Å². The fraction of sp³-hybridized carbons (Fsp3) is 0.361. The molecule has 6 nitrogen and oxygen atoms in total. The minimum Gasteiger partial charge on any atom is -0.372 e. The number of benzene rings is 6. The molecular weight excluding hydrogens is 949 g/mol. The molecule has 10 rings (SSSR count). The maximum absolute atomic E-state index is 3.91. The molecule has 4 aliphatic carbocycles. The van der Waals surface area contributed by atoms with Crippen molar-refractivity contribution in [3.8, 4) is 0 Å². The van der Waals surface area contributed by atoms with Crippen LogP contribution in [-0.4, -0.2) is 81.9 Å². The Hall–Kier alpha value is -7.02. The molecular formula is C72H88N6+2.